The van der Waals surface area contributed by atoms with Crippen molar-refractivity contribution in [2.75, 3.05) is 45.3 Å². The summed E-state index contributed by atoms with van der Waals surface area (Å²) >= 11 is 0. The molecule has 0 aliphatic carbocycles. The van der Waals surface area contributed by atoms with Crippen LogP contribution in [0.15, 0.2) is 42.5 Å². The second-order valence-electron chi connectivity index (χ2n) is 7.28. The van der Waals surface area contributed by atoms with Crippen molar-refractivity contribution in [1.29, 1.82) is 0 Å². The van der Waals surface area contributed by atoms with E-state index in [-0.39, 0.29) is 30.9 Å². The van der Waals surface area contributed by atoms with Gasteiger partial charge in [-0.25, -0.2) is 0 Å². The van der Waals surface area contributed by atoms with E-state index in [2.05, 4.69) is 10.6 Å². The SMILES string of the molecule is CCN(CC(=O)Nc1cccc(OC)c1)CC(=O)N[C@H](C)c1ccc2c(c1)OCCO2. The molecule has 0 fully saturated rings. The molecule has 8 nitrogen and oxygen atoms in total. The van der Waals surface area contributed by atoms with Crippen molar-refractivity contribution in [3.8, 4) is 17.2 Å². The van der Waals surface area contributed by atoms with Gasteiger partial charge < -0.3 is 24.8 Å². The number of amides is 2. The number of ether oxygens (including phenoxy) is 3. The van der Waals surface area contributed by atoms with E-state index in [1.807, 2.05) is 32.0 Å². The van der Waals surface area contributed by atoms with E-state index in [0.717, 1.165) is 5.56 Å². The van der Waals surface area contributed by atoms with Crippen LogP contribution in [0, 0.1) is 0 Å². The third-order valence-electron chi connectivity index (χ3n) is 4.98. The predicted octanol–water partition coefficient (Wildman–Crippen LogP) is 2.60. The van der Waals surface area contributed by atoms with Gasteiger partial charge in [-0.05, 0) is 43.3 Å². The van der Waals surface area contributed by atoms with Gasteiger partial charge in [-0.3, -0.25) is 14.5 Å². The molecule has 0 bridgehead atoms. The first-order valence-corrected chi connectivity index (χ1v) is 10.3. The van der Waals surface area contributed by atoms with Gasteiger partial charge in [0.2, 0.25) is 11.8 Å². The molecule has 31 heavy (non-hydrogen) atoms. The summed E-state index contributed by atoms with van der Waals surface area (Å²) in [6.45, 7) is 5.68. The van der Waals surface area contributed by atoms with Gasteiger partial charge in [-0.1, -0.05) is 19.1 Å². The molecular weight excluding hydrogens is 398 g/mol. The Morgan fingerprint density at radius 2 is 1.81 bits per heavy atom. The molecule has 3 rings (SSSR count). The highest BCUT2D eigenvalue weighted by Gasteiger charge is 2.18. The van der Waals surface area contributed by atoms with E-state index in [1.165, 1.54) is 0 Å². The molecule has 0 saturated carbocycles. The average Bonchev–Trinajstić information content (AvgIpc) is 2.78. The first kappa shape index (κ1) is 22.4. The molecule has 1 aliphatic rings. The highest BCUT2D eigenvalue weighted by Crippen LogP contribution is 2.32. The van der Waals surface area contributed by atoms with Crippen molar-refractivity contribution in [2.24, 2.45) is 0 Å². The number of hydrogen-bond acceptors (Lipinski definition) is 6. The molecule has 0 radical (unpaired) electrons. The van der Waals surface area contributed by atoms with Gasteiger partial charge in [0.15, 0.2) is 11.5 Å². The van der Waals surface area contributed by atoms with Crippen LogP contribution in [0.25, 0.3) is 0 Å². The minimum absolute atomic E-state index is 0.111. The molecule has 2 aromatic rings. The van der Waals surface area contributed by atoms with E-state index < -0.39 is 0 Å². The number of methoxy groups -OCH3 is 1. The molecule has 1 atom stereocenters. The molecule has 166 valence electrons. The maximum Gasteiger partial charge on any atom is 0.238 e. The Labute approximate surface area is 182 Å². The summed E-state index contributed by atoms with van der Waals surface area (Å²) < 4.78 is 16.3. The topological polar surface area (TPSA) is 89.1 Å². The minimum Gasteiger partial charge on any atom is -0.497 e. The second-order valence-corrected chi connectivity index (χ2v) is 7.28. The van der Waals surface area contributed by atoms with Crippen molar-refractivity contribution < 1.29 is 23.8 Å². The lowest BCUT2D eigenvalue weighted by molar-refractivity contribution is -0.123. The average molecular weight is 428 g/mol. The largest absolute Gasteiger partial charge is 0.497 e. The standard InChI is InChI=1S/C23H29N3O5/c1-4-26(15-23(28)25-18-6-5-7-19(13-18)29-3)14-22(27)24-16(2)17-8-9-20-21(12-17)31-11-10-30-20/h5-9,12-13,16H,4,10-11,14-15H2,1-3H3,(H,24,27)(H,25,28)/t16-/m1/s1. The Hall–Kier alpha value is -3.26. The summed E-state index contributed by atoms with van der Waals surface area (Å²) in [6.07, 6.45) is 0. The lowest BCUT2D eigenvalue weighted by Gasteiger charge is -2.23. The molecular formula is C23H29N3O5. The zero-order valence-electron chi connectivity index (χ0n) is 18.1. The van der Waals surface area contributed by atoms with Crippen molar-refractivity contribution >= 4 is 17.5 Å². The van der Waals surface area contributed by atoms with Crippen LogP contribution in [-0.2, 0) is 9.59 Å². The van der Waals surface area contributed by atoms with Gasteiger partial charge in [0.1, 0.15) is 19.0 Å². The molecule has 1 heterocycles. The number of nitrogens with one attached hydrogen (secondary N) is 2. The molecule has 0 spiro atoms. The number of anilines is 1. The zero-order valence-corrected chi connectivity index (χ0v) is 18.1. The molecule has 0 saturated heterocycles. The Morgan fingerprint density at radius 1 is 1.06 bits per heavy atom. The fourth-order valence-corrected chi connectivity index (χ4v) is 3.29. The summed E-state index contributed by atoms with van der Waals surface area (Å²) in [7, 11) is 1.57. The second kappa shape index (κ2) is 10.7. The van der Waals surface area contributed by atoms with Crippen LogP contribution in [0.3, 0.4) is 0 Å². The number of benzene rings is 2. The third kappa shape index (κ3) is 6.36. The summed E-state index contributed by atoms with van der Waals surface area (Å²) in [5, 5.41) is 5.81. The molecule has 2 N–H and O–H groups in total. The van der Waals surface area contributed by atoms with Gasteiger partial charge in [-0.2, -0.15) is 0 Å². The van der Waals surface area contributed by atoms with E-state index in [9.17, 15) is 9.59 Å². The highest BCUT2D eigenvalue weighted by molar-refractivity contribution is 5.92. The fourth-order valence-electron chi connectivity index (χ4n) is 3.29. The number of fused-ring (bicyclic) bond motifs is 1. The molecule has 2 amide bonds. The van der Waals surface area contributed by atoms with E-state index in [0.29, 0.717) is 42.7 Å². The van der Waals surface area contributed by atoms with Crippen LogP contribution < -0.4 is 24.8 Å². The van der Waals surface area contributed by atoms with E-state index in [4.69, 9.17) is 14.2 Å². The maximum absolute atomic E-state index is 12.6. The van der Waals surface area contributed by atoms with Crippen LogP contribution >= 0.6 is 0 Å². The predicted molar refractivity (Wildman–Crippen MR) is 118 cm³/mol. The number of likely N-dealkylation sites (N-methyl/N-ethyl adjacent to an activating group) is 1. The Bertz CT molecular complexity index is 918. The molecule has 0 unspecified atom stereocenters. The van der Waals surface area contributed by atoms with Gasteiger partial charge in [0.05, 0.1) is 26.2 Å². The van der Waals surface area contributed by atoms with Crippen molar-refractivity contribution in [3.63, 3.8) is 0 Å². The zero-order chi connectivity index (χ0) is 22.2. The Morgan fingerprint density at radius 3 is 2.55 bits per heavy atom. The van der Waals surface area contributed by atoms with Crippen LogP contribution in [0.1, 0.15) is 25.5 Å². The highest BCUT2D eigenvalue weighted by atomic mass is 16.6. The quantitative estimate of drug-likeness (QED) is 0.640. The van der Waals surface area contributed by atoms with E-state index >= 15 is 0 Å². The maximum atomic E-state index is 12.6. The van der Waals surface area contributed by atoms with Crippen molar-refractivity contribution in [2.45, 2.75) is 19.9 Å². The van der Waals surface area contributed by atoms with Gasteiger partial charge in [0, 0.05) is 11.8 Å². The number of nitrogens with zero attached hydrogens (tertiary/aromatic N) is 1. The van der Waals surface area contributed by atoms with Crippen LogP contribution in [0.2, 0.25) is 0 Å². The third-order valence-corrected chi connectivity index (χ3v) is 4.98. The summed E-state index contributed by atoms with van der Waals surface area (Å²) in [4.78, 5) is 26.7. The van der Waals surface area contributed by atoms with Gasteiger partial charge in [-0.15, -0.1) is 0 Å². The minimum atomic E-state index is -0.201. The Kier molecular flexibility index (Phi) is 7.72. The number of carbonyl (C=O) groups excluding carboxylic acids is 2. The van der Waals surface area contributed by atoms with Crippen molar-refractivity contribution in [3.05, 3.63) is 48.0 Å². The normalized spacial score (nSPS) is 13.4. The lowest BCUT2D eigenvalue weighted by Crippen LogP contribution is -2.41. The molecule has 2 aromatic carbocycles. The van der Waals surface area contributed by atoms with Crippen LogP contribution in [0.5, 0.6) is 17.2 Å². The molecule has 0 aromatic heterocycles. The number of rotatable bonds is 9. The van der Waals surface area contributed by atoms with Crippen LogP contribution in [-0.4, -0.2) is 56.7 Å². The smallest absolute Gasteiger partial charge is 0.238 e. The summed E-state index contributed by atoms with van der Waals surface area (Å²) in [6, 6.07) is 12.6. The molecule has 1 aliphatic heterocycles. The summed E-state index contributed by atoms with van der Waals surface area (Å²) in [5.74, 6) is 1.72. The Balaban J connectivity index is 1.51. The first-order valence-electron chi connectivity index (χ1n) is 10.3. The summed E-state index contributed by atoms with van der Waals surface area (Å²) in [5.41, 5.74) is 1.58. The molecule has 8 heteroatoms. The van der Waals surface area contributed by atoms with Gasteiger partial charge in [0.25, 0.3) is 0 Å². The van der Waals surface area contributed by atoms with Crippen molar-refractivity contribution in [1.82, 2.24) is 10.2 Å². The van der Waals surface area contributed by atoms with E-state index in [1.54, 1.807) is 36.3 Å². The van der Waals surface area contributed by atoms with Gasteiger partial charge >= 0.3 is 0 Å². The number of hydrogen-bond donors (Lipinski definition) is 2. The first-order chi connectivity index (χ1) is 15.0. The van der Waals surface area contributed by atoms with Crippen LogP contribution in [0.4, 0.5) is 5.69 Å². The lowest BCUT2D eigenvalue weighted by atomic mass is 10.1. The fraction of sp³-hybridized carbons (Fsp3) is 0.391. The monoisotopic (exact) mass is 427 g/mol. The number of carbonyl (C=O) groups is 2.